The molecule has 1 heterocycles. The van der Waals surface area contributed by atoms with Gasteiger partial charge >= 0.3 is 0 Å². The lowest BCUT2D eigenvalue weighted by atomic mass is 9.74. The Balaban J connectivity index is 2.81. The molecule has 4 nitrogen and oxygen atoms in total. The van der Waals surface area contributed by atoms with E-state index in [1.165, 1.54) is 0 Å². The number of amides is 1. The van der Waals surface area contributed by atoms with Crippen molar-refractivity contribution in [3.8, 4) is 0 Å². The van der Waals surface area contributed by atoms with E-state index in [2.05, 4.69) is 0 Å². The minimum atomic E-state index is -0.746. The fourth-order valence-corrected chi connectivity index (χ4v) is 1.79. The Bertz CT molecular complexity index is 290. The number of β-amino-alcohol motifs (C(OH)–C–C–N with tert-alkyl or cyclic N) is 1. The second-order valence-electron chi connectivity index (χ2n) is 6.32. The van der Waals surface area contributed by atoms with E-state index in [1.54, 1.807) is 11.8 Å². The summed E-state index contributed by atoms with van der Waals surface area (Å²) in [5.41, 5.74) is 4.11. The molecule has 0 spiro atoms. The third-order valence-corrected chi connectivity index (χ3v) is 3.88. The third kappa shape index (κ3) is 2.38. The monoisotopic (exact) mass is 228 g/mol. The van der Waals surface area contributed by atoms with E-state index in [1.807, 2.05) is 27.7 Å². The summed E-state index contributed by atoms with van der Waals surface area (Å²) in [6.45, 7) is 10.2. The van der Waals surface area contributed by atoms with Crippen LogP contribution >= 0.6 is 0 Å². The maximum Gasteiger partial charge on any atom is 0.230 e. The van der Waals surface area contributed by atoms with E-state index in [0.29, 0.717) is 19.5 Å². The van der Waals surface area contributed by atoms with Gasteiger partial charge in [0.15, 0.2) is 0 Å². The van der Waals surface area contributed by atoms with Crippen LogP contribution in [0.25, 0.3) is 0 Å². The molecule has 4 heteroatoms. The van der Waals surface area contributed by atoms with Crippen LogP contribution in [0, 0.1) is 5.41 Å². The standard InChI is InChI=1S/C12H24N2O2/c1-10(2,11(3,4)13)9(15)14-7-6-12(5,16)8-14/h16H,6-8,13H2,1-5H3. The van der Waals surface area contributed by atoms with Crippen LogP contribution in [-0.4, -0.2) is 40.1 Å². The Hall–Kier alpha value is -0.610. The number of aliphatic hydroxyl groups is 1. The number of nitrogens with two attached hydrogens (primary N) is 1. The first-order chi connectivity index (χ1) is 6.97. The lowest BCUT2D eigenvalue weighted by Crippen LogP contribution is -2.56. The van der Waals surface area contributed by atoms with Crippen molar-refractivity contribution < 1.29 is 9.90 Å². The van der Waals surface area contributed by atoms with E-state index >= 15 is 0 Å². The van der Waals surface area contributed by atoms with E-state index in [9.17, 15) is 9.90 Å². The molecule has 1 unspecified atom stereocenters. The molecule has 1 rings (SSSR count). The molecule has 1 amide bonds. The molecule has 1 saturated heterocycles. The van der Waals surface area contributed by atoms with E-state index in [-0.39, 0.29) is 5.91 Å². The maximum absolute atomic E-state index is 12.3. The second-order valence-corrected chi connectivity index (χ2v) is 6.32. The molecule has 94 valence electrons. The first kappa shape index (κ1) is 13.5. The van der Waals surface area contributed by atoms with E-state index in [4.69, 9.17) is 5.73 Å². The molecule has 0 saturated carbocycles. The molecular weight excluding hydrogens is 204 g/mol. The predicted octanol–water partition coefficient (Wildman–Crippen LogP) is 0.733. The van der Waals surface area contributed by atoms with Crippen molar-refractivity contribution in [3.63, 3.8) is 0 Å². The van der Waals surface area contributed by atoms with Gasteiger partial charge in [-0.25, -0.2) is 0 Å². The summed E-state index contributed by atoms with van der Waals surface area (Å²) in [5.74, 6) is 0.0257. The zero-order valence-electron chi connectivity index (χ0n) is 11.0. The molecule has 1 atom stereocenters. The molecule has 16 heavy (non-hydrogen) atoms. The van der Waals surface area contributed by atoms with Crippen LogP contribution < -0.4 is 5.73 Å². The van der Waals surface area contributed by atoms with Gasteiger partial charge in [-0.1, -0.05) is 0 Å². The summed E-state index contributed by atoms with van der Waals surface area (Å²) in [5, 5.41) is 9.86. The zero-order valence-corrected chi connectivity index (χ0v) is 11.0. The molecule has 0 aliphatic carbocycles. The topological polar surface area (TPSA) is 66.6 Å². The quantitative estimate of drug-likeness (QED) is 0.732. The SMILES string of the molecule is CC1(O)CCN(C(=O)C(C)(C)C(C)(C)N)C1. The number of likely N-dealkylation sites (tertiary alicyclic amines) is 1. The largest absolute Gasteiger partial charge is 0.388 e. The summed E-state index contributed by atoms with van der Waals surface area (Å²) in [6.07, 6.45) is 0.639. The highest BCUT2D eigenvalue weighted by Crippen LogP contribution is 2.33. The van der Waals surface area contributed by atoms with Crippen LogP contribution in [0.2, 0.25) is 0 Å². The summed E-state index contributed by atoms with van der Waals surface area (Å²) in [7, 11) is 0. The smallest absolute Gasteiger partial charge is 0.230 e. The average molecular weight is 228 g/mol. The Morgan fingerprint density at radius 2 is 1.88 bits per heavy atom. The van der Waals surface area contributed by atoms with Crippen molar-refractivity contribution in [3.05, 3.63) is 0 Å². The first-order valence-electron chi connectivity index (χ1n) is 5.78. The molecule has 0 aromatic rings. The Kier molecular flexibility index (Phi) is 3.12. The lowest BCUT2D eigenvalue weighted by molar-refractivity contribution is -0.143. The van der Waals surface area contributed by atoms with Gasteiger partial charge in [0.2, 0.25) is 5.91 Å². The summed E-state index contributed by atoms with van der Waals surface area (Å²) in [6, 6.07) is 0. The van der Waals surface area contributed by atoms with Crippen molar-refractivity contribution in [2.24, 2.45) is 11.1 Å². The molecule has 3 N–H and O–H groups in total. The molecule has 0 aromatic heterocycles. The highest BCUT2D eigenvalue weighted by Gasteiger charge is 2.45. The number of carbonyl (C=O) groups is 1. The Labute approximate surface area is 97.8 Å². The Morgan fingerprint density at radius 1 is 1.38 bits per heavy atom. The third-order valence-electron chi connectivity index (χ3n) is 3.88. The van der Waals surface area contributed by atoms with Crippen LogP contribution in [0.5, 0.6) is 0 Å². The van der Waals surface area contributed by atoms with Gasteiger partial charge in [0.05, 0.1) is 11.0 Å². The van der Waals surface area contributed by atoms with Crippen LogP contribution in [0.4, 0.5) is 0 Å². The van der Waals surface area contributed by atoms with Crippen LogP contribution in [0.15, 0.2) is 0 Å². The number of hydrogen-bond acceptors (Lipinski definition) is 3. The molecular formula is C12H24N2O2. The summed E-state index contributed by atoms with van der Waals surface area (Å²) >= 11 is 0. The van der Waals surface area contributed by atoms with Gasteiger partial charge < -0.3 is 15.7 Å². The van der Waals surface area contributed by atoms with Gasteiger partial charge in [-0.2, -0.15) is 0 Å². The maximum atomic E-state index is 12.3. The van der Waals surface area contributed by atoms with Gasteiger partial charge in [-0.15, -0.1) is 0 Å². The highest BCUT2D eigenvalue weighted by atomic mass is 16.3. The van der Waals surface area contributed by atoms with Gasteiger partial charge in [0, 0.05) is 18.6 Å². The lowest BCUT2D eigenvalue weighted by Gasteiger charge is -2.39. The normalized spacial score (nSPS) is 27.3. The van der Waals surface area contributed by atoms with Gasteiger partial charge in [0.25, 0.3) is 0 Å². The van der Waals surface area contributed by atoms with Crippen molar-refractivity contribution >= 4 is 5.91 Å². The van der Waals surface area contributed by atoms with Gasteiger partial charge in [-0.05, 0) is 41.0 Å². The highest BCUT2D eigenvalue weighted by molar-refractivity contribution is 5.83. The molecule has 1 aliphatic heterocycles. The number of rotatable bonds is 2. The van der Waals surface area contributed by atoms with Crippen molar-refractivity contribution in [1.82, 2.24) is 4.90 Å². The molecule has 1 aliphatic rings. The predicted molar refractivity (Wildman–Crippen MR) is 63.9 cm³/mol. The van der Waals surface area contributed by atoms with Crippen molar-refractivity contribution in [2.75, 3.05) is 13.1 Å². The second kappa shape index (κ2) is 3.70. The number of carbonyl (C=O) groups excluding carboxylic acids is 1. The number of nitrogens with zero attached hydrogens (tertiary/aromatic N) is 1. The first-order valence-corrected chi connectivity index (χ1v) is 5.78. The molecule has 0 bridgehead atoms. The van der Waals surface area contributed by atoms with Crippen LogP contribution in [0.3, 0.4) is 0 Å². The van der Waals surface area contributed by atoms with E-state index in [0.717, 1.165) is 0 Å². The fourth-order valence-electron chi connectivity index (χ4n) is 1.79. The van der Waals surface area contributed by atoms with Crippen LogP contribution in [0.1, 0.15) is 41.0 Å². The van der Waals surface area contributed by atoms with Crippen LogP contribution in [-0.2, 0) is 4.79 Å². The van der Waals surface area contributed by atoms with E-state index < -0.39 is 16.6 Å². The molecule has 0 radical (unpaired) electrons. The molecule has 1 fully saturated rings. The van der Waals surface area contributed by atoms with Gasteiger partial charge in [-0.3, -0.25) is 4.79 Å². The summed E-state index contributed by atoms with van der Waals surface area (Å²) in [4.78, 5) is 14.1. The van der Waals surface area contributed by atoms with Crippen molar-refractivity contribution in [2.45, 2.75) is 52.2 Å². The van der Waals surface area contributed by atoms with Gasteiger partial charge in [0.1, 0.15) is 0 Å². The molecule has 0 aromatic carbocycles. The minimum Gasteiger partial charge on any atom is -0.388 e. The number of hydrogen-bond donors (Lipinski definition) is 2. The van der Waals surface area contributed by atoms with Crippen molar-refractivity contribution in [1.29, 1.82) is 0 Å². The average Bonchev–Trinajstić information content (AvgIpc) is 2.42. The Morgan fingerprint density at radius 3 is 2.19 bits per heavy atom. The zero-order chi connectivity index (χ0) is 12.8. The summed E-state index contributed by atoms with van der Waals surface area (Å²) < 4.78 is 0. The minimum absolute atomic E-state index is 0.0257. The fraction of sp³-hybridized carbons (Fsp3) is 0.917.